The lowest BCUT2D eigenvalue weighted by Crippen LogP contribution is -2.20. The van der Waals surface area contributed by atoms with Crippen molar-refractivity contribution in [1.29, 1.82) is 0 Å². The van der Waals surface area contributed by atoms with Gasteiger partial charge in [-0.2, -0.15) is 9.98 Å². The lowest BCUT2D eigenvalue weighted by molar-refractivity contribution is 0.262. The van der Waals surface area contributed by atoms with Gasteiger partial charge in [-0.25, -0.2) is 14.4 Å². The Kier molecular flexibility index (Phi) is 6.60. The van der Waals surface area contributed by atoms with E-state index in [1.165, 1.54) is 12.2 Å². The minimum atomic E-state index is -0.497. The standard InChI is InChI=1S/C17H12Br2N4O3/c1-9-13(5-3-11(18)15(9)20-7-24)22-17(26)23-14-6-4-12(19)16(10(14)2)21-8-25/h3-6H,1-2H3,(H2,22,23,26). The SMILES string of the molecule is Cc1c(NC(=O)Nc2ccc(Br)c(N=C=O)c2C)ccc(Br)c1N=C=O. The van der Waals surface area contributed by atoms with E-state index >= 15 is 0 Å². The summed E-state index contributed by atoms with van der Waals surface area (Å²) in [5.41, 5.74) is 2.97. The fraction of sp³-hybridized carbons (Fsp3) is 0.118. The average Bonchev–Trinajstić information content (AvgIpc) is 2.60. The van der Waals surface area contributed by atoms with Gasteiger partial charge < -0.3 is 10.6 Å². The van der Waals surface area contributed by atoms with Gasteiger partial charge in [-0.3, -0.25) is 0 Å². The van der Waals surface area contributed by atoms with Crippen molar-refractivity contribution in [2.45, 2.75) is 13.8 Å². The first-order valence-corrected chi connectivity index (χ1v) is 8.79. The van der Waals surface area contributed by atoms with Gasteiger partial charge in [0.25, 0.3) is 0 Å². The van der Waals surface area contributed by atoms with Gasteiger partial charge in [-0.15, -0.1) is 0 Å². The number of halogens is 2. The molecule has 0 radical (unpaired) electrons. The van der Waals surface area contributed by atoms with Gasteiger partial charge in [-0.05, 0) is 70.0 Å². The van der Waals surface area contributed by atoms with Crippen LogP contribution in [0.3, 0.4) is 0 Å². The Labute approximate surface area is 165 Å². The van der Waals surface area contributed by atoms with Gasteiger partial charge in [0, 0.05) is 31.4 Å². The number of urea groups is 1. The maximum Gasteiger partial charge on any atom is 0.323 e. The zero-order valence-corrected chi connectivity index (χ0v) is 16.9. The Morgan fingerprint density at radius 2 is 1.23 bits per heavy atom. The number of anilines is 2. The van der Waals surface area contributed by atoms with Gasteiger partial charge in [0.05, 0.1) is 11.4 Å². The van der Waals surface area contributed by atoms with Crippen LogP contribution >= 0.6 is 31.9 Å². The van der Waals surface area contributed by atoms with Gasteiger partial charge >= 0.3 is 6.03 Å². The lowest BCUT2D eigenvalue weighted by atomic mass is 10.1. The topological polar surface area (TPSA) is 100.0 Å². The van der Waals surface area contributed by atoms with E-state index in [0.29, 0.717) is 42.8 Å². The third kappa shape index (κ3) is 4.33. The molecule has 2 aromatic carbocycles. The van der Waals surface area contributed by atoms with E-state index in [-0.39, 0.29) is 0 Å². The van der Waals surface area contributed by atoms with Crippen molar-refractivity contribution in [3.05, 3.63) is 44.3 Å². The molecular formula is C17H12Br2N4O3. The molecule has 0 spiro atoms. The Balaban J connectivity index is 2.28. The van der Waals surface area contributed by atoms with Crippen molar-refractivity contribution in [2.24, 2.45) is 9.98 Å². The molecule has 2 rings (SSSR count). The number of hydrogen-bond acceptors (Lipinski definition) is 5. The highest BCUT2D eigenvalue weighted by Crippen LogP contribution is 2.35. The zero-order valence-electron chi connectivity index (χ0n) is 13.7. The quantitative estimate of drug-likeness (QED) is 0.453. The number of nitrogens with zero attached hydrogens (tertiary/aromatic N) is 2. The van der Waals surface area contributed by atoms with Crippen LogP contribution in [-0.2, 0) is 9.59 Å². The van der Waals surface area contributed by atoms with Crippen molar-refractivity contribution in [3.63, 3.8) is 0 Å². The molecule has 0 aromatic heterocycles. The van der Waals surface area contributed by atoms with E-state index < -0.39 is 6.03 Å². The van der Waals surface area contributed by atoms with Crippen molar-refractivity contribution in [2.75, 3.05) is 10.6 Å². The highest BCUT2D eigenvalue weighted by molar-refractivity contribution is 9.11. The minimum absolute atomic E-state index is 0.389. The molecule has 26 heavy (non-hydrogen) atoms. The highest BCUT2D eigenvalue weighted by Gasteiger charge is 2.13. The molecular weight excluding hydrogens is 468 g/mol. The largest absolute Gasteiger partial charge is 0.323 e. The predicted octanol–water partition coefficient (Wildman–Crippen LogP) is 5.41. The van der Waals surface area contributed by atoms with E-state index in [1.54, 1.807) is 38.1 Å². The summed E-state index contributed by atoms with van der Waals surface area (Å²) >= 11 is 6.59. The van der Waals surface area contributed by atoms with Gasteiger partial charge in [0.15, 0.2) is 0 Å². The van der Waals surface area contributed by atoms with Gasteiger partial charge in [-0.1, -0.05) is 0 Å². The number of nitrogens with one attached hydrogen (secondary N) is 2. The van der Waals surface area contributed by atoms with E-state index in [0.717, 1.165) is 0 Å². The molecule has 9 heteroatoms. The second-order valence-electron chi connectivity index (χ2n) is 5.12. The van der Waals surface area contributed by atoms with Crippen molar-refractivity contribution in [3.8, 4) is 0 Å². The lowest BCUT2D eigenvalue weighted by Gasteiger charge is -2.14. The molecule has 0 bridgehead atoms. The normalized spacial score (nSPS) is 9.69. The molecule has 0 atom stereocenters. The van der Waals surface area contributed by atoms with Crippen LogP contribution in [-0.4, -0.2) is 18.2 Å². The summed E-state index contributed by atoms with van der Waals surface area (Å²) < 4.78 is 1.23. The summed E-state index contributed by atoms with van der Waals surface area (Å²) in [5, 5.41) is 5.40. The van der Waals surface area contributed by atoms with E-state index in [2.05, 4.69) is 52.5 Å². The van der Waals surface area contributed by atoms with Crippen LogP contribution < -0.4 is 10.6 Å². The number of hydrogen-bond donors (Lipinski definition) is 2. The first-order valence-electron chi connectivity index (χ1n) is 7.21. The molecule has 2 N–H and O–H groups in total. The molecule has 7 nitrogen and oxygen atoms in total. The molecule has 0 heterocycles. The van der Waals surface area contributed by atoms with Crippen LogP contribution in [0.4, 0.5) is 27.5 Å². The van der Waals surface area contributed by atoms with Crippen molar-refractivity contribution < 1.29 is 14.4 Å². The number of aliphatic imine (C=N–C) groups is 2. The molecule has 0 saturated heterocycles. The van der Waals surface area contributed by atoms with Crippen LogP contribution in [0.1, 0.15) is 11.1 Å². The summed E-state index contributed by atoms with van der Waals surface area (Å²) in [5.74, 6) is 0. The Bertz CT molecular complexity index is 901. The highest BCUT2D eigenvalue weighted by atomic mass is 79.9. The number of carbonyl (C=O) groups excluding carboxylic acids is 3. The van der Waals surface area contributed by atoms with Crippen molar-refractivity contribution >= 4 is 72.8 Å². The molecule has 0 saturated carbocycles. The molecule has 2 aromatic rings. The molecule has 2 amide bonds. The first kappa shape index (κ1) is 19.8. The Hall–Kier alpha value is -2.57. The number of benzene rings is 2. The number of carbonyl (C=O) groups is 1. The molecule has 0 aliphatic heterocycles. The fourth-order valence-electron chi connectivity index (χ4n) is 2.25. The Morgan fingerprint density at radius 1 is 0.846 bits per heavy atom. The molecule has 0 unspecified atom stereocenters. The molecule has 0 aliphatic rings. The van der Waals surface area contributed by atoms with Gasteiger partial charge in [0.1, 0.15) is 0 Å². The monoisotopic (exact) mass is 478 g/mol. The number of isocyanates is 2. The number of rotatable bonds is 4. The predicted molar refractivity (Wildman–Crippen MR) is 106 cm³/mol. The second kappa shape index (κ2) is 8.69. The molecule has 0 aliphatic carbocycles. The molecule has 132 valence electrons. The second-order valence-corrected chi connectivity index (χ2v) is 6.83. The van der Waals surface area contributed by atoms with Crippen LogP contribution in [0.25, 0.3) is 0 Å². The summed E-state index contributed by atoms with van der Waals surface area (Å²) in [6, 6.07) is 6.20. The van der Waals surface area contributed by atoms with E-state index in [4.69, 9.17) is 0 Å². The first-order chi connectivity index (χ1) is 12.4. The fourth-order valence-corrected chi connectivity index (χ4v) is 3.28. The smallest absolute Gasteiger partial charge is 0.307 e. The van der Waals surface area contributed by atoms with E-state index in [1.807, 2.05) is 0 Å². The molecule has 0 fully saturated rings. The van der Waals surface area contributed by atoms with Crippen LogP contribution in [0, 0.1) is 13.8 Å². The summed E-state index contributed by atoms with van der Waals surface area (Å²) in [7, 11) is 0. The van der Waals surface area contributed by atoms with Crippen LogP contribution in [0.5, 0.6) is 0 Å². The van der Waals surface area contributed by atoms with Crippen LogP contribution in [0.2, 0.25) is 0 Å². The minimum Gasteiger partial charge on any atom is -0.307 e. The third-order valence-electron chi connectivity index (χ3n) is 3.57. The zero-order chi connectivity index (χ0) is 19.3. The summed E-state index contributed by atoms with van der Waals surface area (Å²) in [4.78, 5) is 40.7. The summed E-state index contributed by atoms with van der Waals surface area (Å²) in [6.07, 6.45) is 2.97. The van der Waals surface area contributed by atoms with Crippen LogP contribution in [0.15, 0.2) is 43.2 Å². The Morgan fingerprint density at radius 3 is 1.58 bits per heavy atom. The van der Waals surface area contributed by atoms with Gasteiger partial charge in [0.2, 0.25) is 12.2 Å². The summed E-state index contributed by atoms with van der Waals surface area (Å²) in [6.45, 7) is 3.44. The number of amides is 2. The maximum atomic E-state index is 12.3. The van der Waals surface area contributed by atoms with E-state index in [9.17, 15) is 14.4 Å². The van der Waals surface area contributed by atoms with Crippen molar-refractivity contribution in [1.82, 2.24) is 0 Å². The third-order valence-corrected chi connectivity index (χ3v) is 4.85. The average molecular weight is 480 g/mol. The maximum absolute atomic E-state index is 12.3.